The fraction of sp³-hybridized carbons (Fsp3) is 0.364. The number of hydrogen-bond donors (Lipinski definition) is 2. The molecule has 11 heteroatoms. The predicted molar refractivity (Wildman–Crippen MR) is 119 cm³/mol. The fourth-order valence-electron chi connectivity index (χ4n) is 4.78. The molecule has 5 rings (SSSR count). The van der Waals surface area contributed by atoms with Crippen molar-refractivity contribution in [2.24, 2.45) is 0 Å². The molecular formula is C22H23N3O6S2. The average molecular weight is 490 g/mol. The first-order valence-electron chi connectivity index (χ1n) is 10.7. The van der Waals surface area contributed by atoms with Gasteiger partial charge in [-0.3, -0.25) is 0 Å². The lowest BCUT2D eigenvalue weighted by atomic mass is 9.88. The minimum Gasteiger partial charge on any atom is -0.391 e. The molecule has 174 valence electrons. The third-order valence-corrected chi connectivity index (χ3v) is 9.73. The van der Waals surface area contributed by atoms with Crippen molar-refractivity contribution < 1.29 is 21.3 Å². The molecule has 0 fully saturated rings. The summed E-state index contributed by atoms with van der Waals surface area (Å²) in [5, 5.41) is 6.08. The van der Waals surface area contributed by atoms with Gasteiger partial charge in [0.1, 0.15) is 6.04 Å². The monoisotopic (exact) mass is 489 g/mol. The molecule has 2 N–H and O–H groups in total. The zero-order valence-corrected chi connectivity index (χ0v) is 19.5. The maximum Gasteiger partial charge on any atom is 0.434 e. The SMILES string of the molecule is C[C@H](c1cccc2c1CCC2)[C@H](NS(=O)(=O)c1ccc2c(c1)S(=O)(=O)CC2)c1n[nH]c(=O)o1. The number of nitrogens with zero attached hydrogens (tertiary/aromatic N) is 1. The van der Waals surface area contributed by atoms with Gasteiger partial charge in [0.2, 0.25) is 15.9 Å². The quantitative estimate of drug-likeness (QED) is 0.540. The van der Waals surface area contributed by atoms with E-state index in [2.05, 4.69) is 21.0 Å². The minimum absolute atomic E-state index is 0.0313. The van der Waals surface area contributed by atoms with E-state index in [1.165, 1.54) is 29.3 Å². The summed E-state index contributed by atoms with van der Waals surface area (Å²) >= 11 is 0. The van der Waals surface area contributed by atoms with Crippen LogP contribution in [0.4, 0.5) is 0 Å². The van der Waals surface area contributed by atoms with Crippen LogP contribution in [0, 0.1) is 0 Å². The zero-order valence-electron chi connectivity index (χ0n) is 17.9. The predicted octanol–water partition coefficient (Wildman–Crippen LogP) is 2.00. The van der Waals surface area contributed by atoms with Crippen LogP contribution in [0.3, 0.4) is 0 Å². The van der Waals surface area contributed by atoms with Gasteiger partial charge in [0, 0.05) is 5.92 Å². The first-order valence-corrected chi connectivity index (χ1v) is 13.8. The third-order valence-electron chi connectivity index (χ3n) is 6.50. The third kappa shape index (κ3) is 3.94. The molecule has 0 saturated heterocycles. The van der Waals surface area contributed by atoms with Crippen LogP contribution in [0.1, 0.15) is 53.4 Å². The normalized spacial score (nSPS) is 18.6. The van der Waals surface area contributed by atoms with E-state index < -0.39 is 37.6 Å². The van der Waals surface area contributed by atoms with E-state index in [1.54, 1.807) is 0 Å². The average Bonchev–Trinajstić information content (AvgIpc) is 3.50. The Morgan fingerprint density at radius 2 is 1.94 bits per heavy atom. The molecule has 3 aromatic rings. The number of nitrogens with one attached hydrogen (secondary N) is 2. The topological polar surface area (TPSA) is 139 Å². The number of aryl methyl sites for hydroxylation is 2. The van der Waals surface area contributed by atoms with Crippen molar-refractivity contribution in [3.8, 4) is 0 Å². The Labute approximate surface area is 191 Å². The maximum atomic E-state index is 13.3. The van der Waals surface area contributed by atoms with Gasteiger partial charge in [-0.2, -0.15) is 4.72 Å². The van der Waals surface area contributed by atoms with Gasteiger partial charge in [0.05, 0.1) is 15.5 Å². The van der Waals surface area contributed by atoms with Gasteiger partial charge in [0.15, 0.2) is 9.84 Å². The molecule has 1 aliphatic heterocycles. The van der Waals surface area contributed by atoms with Crippen molar-refractivity contribution in [2.75, 3.05) is 5.75 Å². The van der Waals surface area contributed by atoms with Crippen LogP contribution in [-0.2, 0) is 39.1 Å². The maximum absolute atomic E-state index is 13.3. The molecule has 0 spiro atoms. The van der Waals surface area contributed by atoms with E-state index in [0.29, 0.717) is 12.0 Å². The summed E-state index contributed by atoms with van der Waals surface area (Å²) in [5.41, 5.74) is 3.97. The zero-order chi connectivity index (χ0) is 23.4. The molecule has 9 nitrogen and oxygen atoms in total. The molecular weight excluding hydrogens is 466 g/mol. The van der Waals surface area contributed by atoms with Crippen molar-refractivity contribution in [3.63, 3.8) is 0 Å². The van der Waals surface area contributed by atoms with Gasteiger partial charge in [-0.15, -0.1) is 5.10 Å². The van der Waals surface area contributed by atoms with Crippen LogP contribution in [0.2, 0.25) is 0 Å². The first kappa shape index (κ1) is 22.1. The molecule has 2 heterocycles. The largest absolute Gasteiger partial charge is 0.434 e. The molecule has 33 heavy (non-hydrogen) atoms. The van der Waals surface area contributed by atoms with Gasteiger partial charge in [-0.25, -0.2) is 26.7 Å². The minimum atomic E-state index is -4.17. The summed E-state index contributed by atoms with van der Waals surface area (Å²) in [7, 11) is -7.67. The van der Waals surface area contributed by atoms with E-state index in [-0.39, 0.29) is 21.4 Å². The molecule has 0 saturated carbocycles. The summed E-state index contributed by atoms with van der Waals surface area (Å²) in [6.07, 6.45) is 3.25. The number of rotatable bonds is 6. The van der Waals surface area contributed by atoms with Gasteiger partial charge in [-0.05, 0) is 60.1 Å². The summed E-state index contributed by atoms with van der Waals surface area (Å²) in [5.74, 6) is -1.31. The van der Waals surface area contributed by atoms with Gasteiger partial charge >= 0.3 is 5.76 Å². The fourth-order valence-corrected chi connectivity index (χ4v) is 7.74. The second-order valence-electron chi connectivity index (χ2n) is 8.52. The van der Waals surface area contributed by atoms with E-state index in [4.69, 9.17) is 4.42 Å². The molecule has 2 aliphatic rings. The van der Waals surface area contributed by atoms with E-state index in [1.807, 2.05) is 19.1 Å². The number of aromatic amines is 1. The number of aromatic nitrogens is 2. The van der Waals surface area contributed by atoms with E-state index >= 15 is 0 Å². The highest BCUT2D eigenvalue weighted by Gasteiger charge is 2.34. The number of H-pyrrole nitrogens is 1. The number of hydrogen-bond acceptors (Lipinski definition) is 7. The van der Waals surface area contributed by atoms with E-state index in [0.717, 1.165) is 24.8 Å². The van der Waals surface area contributed by atoms with Crippen molar-refractivity contribution in [1.29, 1.82) is 0 Å². The molecule has 2 aromatic carbocycles. The molecule has 1 aliphatic carbocycles. The second-order valence-corrected chi connectivity index (χ2v) is 12.3. The molecule has 0 amide bonds. The van der Waals surface area contributed by atoms with Crippen LogP contribution in [0.5, 0.6) is 0 Å². The Morgan fingerprint density at radius 1 is 1.12 bits per heavy atom. The van der Waals surface area contributed by atoms with E-state index in [9.17, 15) is 21.6 Å². The lowest BCUT2D eigenvalue weighted by molar-refractivity contribution is 0.381. The highest BCUT2D eigenvalue weighted by atomic mass is 32.2. The Hall–Kier alpha value is -2.76. The molecule has 0 unspecified atom stereocenters. The van der Waals surface area contributed by atoms with Crippen LogP contribution in [0.15, 0.2) is 55.4 Å². The number of sulfone groups is 1. The van der Waals surface area contributed by atoms with Crippen molar-refractivity contribution >= 4 is 19.9 Å². The highest BCUT2D eigenvalue weighted by Crippen LogP contribution is 2.37. The van der Waals surface area contributed by atoms with Crippen molar-refractivity contribution in [3.05, 3.63) is 75.1 Å². The molecule has 0 radical (unpaired) electrons. The van der Waals surface area contributed by atoms with Crippen molar-refractivity contribution in [2.45, 2.75) is 54.4 Å². The number of fused-ring (bicyclic) bond motifs is 2. The molecule has 1 aromatic heterocycles. The number of benzene rings is 2. The number of sulfonamides is 1. The smallest absolute Gasteiger partial charge is 0.391 e. The Balaban J connectivity index is 1.55. The van der Waals surface area contributed by atoms with Gasteiger partial charge in [0.25, 0.3) is 0 Å². The Bertz CT molecular complexity index is 1500. The summed E-state index contributed by atoms with van der Waals surface area (Å²) in [4.78, 5) is 11.5. The van der Waals surface area contributed by atoms with Crippen LogP contribution in [0.25, 0.3) is 0 Å². The first-order chi connectivity index (χ1) is 15.7. The van der Waals surface area contributed by atoms with Gasteiger partial charge in [-0.1, -0.05) is 31.2 Å². The second kappa shape index (κ2) is 7.93. The standard InChI is InChI=1S/C22H23N3O6S2/c1-13(17-6-2-4-14-5-3-7-18(14)17)20(21-23-24-22(26)31-21)25-33(29,30)16-9-8-15-10-11-32(27,28)19(15)12-16/h2,4,6,8-9,12-13,20,25H,3,5,7,10-11H2,1H3,(H,24,26)/t13-,20+/m1/s1. The van der Waals surface area contributed by atoms with Crippen LogP contribution >= 0.6 is 0 Å². The Kier molecular flexibility index (Phi) is 5.30. The lowest BCUT2D eigenvalue weighted by Crippen LogP contribution is -2.32. The lowest BCUT2D eigenvalue weighted by Gasteiger charge is -2.24. The van der Waals surface area contributed by atoms with Gasteiger partial charge < -0.3 is 4.42 Å². The summed E-state index contributed by atoms with van der Waals surface area (Å²) < 4.78 is 59.0. The summed E-state index contributed by atoms with van der Waals surface area (Å²) in [6, 6.07) is 9.10. The molecule has 2 atom stereocenters. The van der Waals surface area contributed by atoms with Crippen LogP contribution < -0.4 is 10.5 Å². The summed E-state index contributed by atoms with van der Waals surface area (Å²) in [6.45, 7) is 1.85. The van der Waals surface area contributed by atoms with Crippen molar-refractivity contribution in [1.82, 2.24) is 14.9 Å². The molecule has 0 bridgehead atoms. The van der Waals surface area contributed by atoms with Crippen LogP contribution in [-0.4, -0.2) is 32.8 Å². The highest BCUT2D eigenvalue weighted by molar-refractivity contribution is 7.92. The Morgan fingerprint density at radius 3 is 2.70 bits per heavy atom.